The number of carbonyl (C=O) groups excluding carboxylic acids is 1. The molecule has 1 unspecified atom stereocenters. The smallest absolute Gasteiger partial charge is 0.433 e. The molecule has 17 heteroatoms. The number of hydrogen-bond acceptors (Lipinski definition) is 9. The van der Waals surface area contributed by atoms with E-state index in [-0.39, 0.29) is 45.5 Å². The number of ether oxygens (including phenoxy) is 1. The predicted molar refractivity (Wildman–Crippen MR) is 204 cm³/mol. The van der Waals surface area contributed by atoms with Gasteiger partial charge in [0.25, 0.3) is 5.56 Å². The van der Waals surface area contributed by atoms with Gasteiger partial charge in [0.15, 0.2) is 0 Å². The Hall–Kier alpha value is -4.96. The van der Waals surface area contributed by atoms with E-state index in [1.165, 1.54) is 18.8 Å². The van der Waals surface area contributed by atoms with Crippen molar-refractivity contribution < 1.29 is 27.8 Å². The maximum Gasteiger partial charge on any atom is 0.433 e. The van der Waals surface area contributed by atoms with Crippen molar-refractivity contribution in [1.82, 2.24) is 35.3 Å². The van der Waals surface area contributed by atoms with Crippen LogP contribution in [-0.4, -0.2) is 81.2 Å². The number of pyridine rings is 2. The summed E-state index contributed by atoms with van der Waals surface area (Å²) in [7, 11) is 2.99. The van der Waals surface area contributed by atoms with Crippen molar-refractivity contribution in [3.8, 4) is 28.3 Å². The van der Waals surface area contributed by atoms with Crippen molar-refractivity contribution in [2.45, 2.75) is 37.4 Å². The highest BCUT2D eigenvalue weighted by atomic mass is 35.5. The first-order chi connectivity index (χ1) is 26.3. The Bertz CT molecular complexity index is 2350. The third kappa shape index (κ3) is 7.53. The van der Waals surface area contributed by atoms with Gasteiger partial charge in [-0.25, -0.2) is 19.4 Å². The van der Waals surface area contributed by atoms with Crippen LogP contribution >= 0.6 is 23.2 Å². The van der Waals surface area contributed by atoms with Gasteiger partial charge in [0, 0.05) is 54.3 Å². The lowest BCUT2D eigenvalue weighted by Gasteiger charge is -2.20. The number of alkyl halides is 3. The Morgan fingerprint density at radius 2 is 1.78 bits per heavy atom. The quantitative estimate of drug-likeness (QED) is 0.148. The molecule has 1 aliphatic carbocycles. The molecule has 2 saturated heterocycles. The van der Waals surface area contributed by atoms with Crippen molar-refractivity contribution >= 4 is 51.5 Å². The molecule has 2 amide bonds. The Morgan fingerprint density at radius 1 is 1.04 bits per heavy atom. The average molecular weight is 798 g/mol. The molecule has 3 aliphatic rings. The highest BCUT2D eigenvalue weighted by Crippen LogP contribution is 2.43. The zero-order chi connectivity index (χ0) is 39.1. The minimum atomic E-state index is -4.75. The van der Waals surface area contributed by atoms with Gasteiger partial charge >= 0.3 is 12.2 Å². The molecular formula is C38H37Cl2F3N8O4. The Kier molecular flexibility index (Phi) is 10.7. The van der Waals surface area contributed by atoms with Crippen LogP contribution in [0.2, 0.25) is 10.0 Å². The van der Waals surface area contributed by atoms with Crippen molar-refractivity contribution in [3.05, 3.63) is 91.9 Å². The molecule has 5 aromatic rings. The number of urea groups is 1. The number of aryl methyl sites for hydroxylation is 2. The number of rotatable bonds is 7. The summed E-state index contributed by atoms with van der Waals surface area (Å²) >= 11 is 13.8. The van der Waals surface area contributed by atoms with Crippen LogP contribution in [0.4, 0.5) is 29.5 Å². The van der Waals surface area contributed by atoms with Crippen LogP contribution in [0.15, 0.2) is 59.5 Å². The summed E-state index contributed by atoms with van der Waals surface area (Å²) in [5.74, 6) is 0.281. The van der Waals surface area contributed by atoms with Crippen LogP contribution < -0.4 is 26.2 Å². The molecule has 1 atom stereocenters. The molecule has 0 saturated carbocycles. The number of hydrogen-bond donors (Lipinski definition) is 4. The largest absolute Gasteiger partial charge is 0.481 e. The van der Waals surface area contributed by atoms with Gasteiger partial charge < -0.3 is 30.7 Å². The molecule has 2 aliphatic heterocycles. The van der Waals surface area contributed by atoms with Gasteiger partial charge in [-0.05, 0) is 56.0 Å². The van der Waals surface area contributed by atoms with E-state index in [1.54, 1.807) is 36.3 Å². The minimum Gasteiger partial charge on any atom is -0.481 e. The van der Waals surface area contributed by atoms with Crippen LogP contribution in [0.1, 0.15) is 29.7 Å². The van der Waals surface area contributed by atoms with E-state index in [0.29, 0.717) is 39.8 Å². The molecule has 288 valence electrons. The van der Waals surface area contributed by atoms with E-state index in [2.05, 4.69) is 26.0 Å². The van der Waals surface area contributed by atoms with Crippen LogP contribution in [0.3, 0.4) is 0 Å². The van der Waals surface area contributed by atoms with E-state index in [4.69, 9.17) is 38.0 Å². The number of benzene rings is 2. The Balaban J connectivity index is 0.000000301. The Morgan fingerprint density at radius 3 is 2.49 bits per heavy atom. The molecule has 5 heterocycles. The maximum atomic E-state index is 13.7. The summed E-state index contributed by atoms with van der Waals surface area (Å²) in [5.41, 5.74) is 3.11. The summed E-state index contributed by atoms with van der Waals surface area (Å²) in [6.07, 6.45) is 0.284. The SMILES string of the molecule is COc1nc(-c2cccc(-c3cccc(Nc4nc(C(F)(F)F)cc5cnn(C)c(=O)c45)c3Cl)c2Cl)cc2c1CCC2.O=C1NC2(CCNC2)CN1CCO. The Labute approximate surface area is 323 Å². The lowest BCUT2D eigenvalue weighted by Crippen LogP contribution is -2.45. The summed E-state index contributed by atoms with van der Waals surface area (Å²) in [6, 6.07) is 13.2. The van der Waals surface area contributed by atoms with Gasteiger partial charge in [-0.3, -0.25) is 4.79 Å². The number of β-amino-alcohol motifs (C(OH)–C–C–N with tert-alkyl or cyclic N) is 1. The number of aromatic nitrogens is 4. The van der Waals surface area contributed by atoms with E-state index in [9.17, 15) is 22.8 Å². The second-order valence-corrected chi connectivity index (χ2v) is 14.4. The third-order valence-electron chi connectivity index (χ3n) is 10.0. The fourth-order valence-electron chi connectivity index (χ4n) is 7.31. The zero-order valence-electron chi connectivity index (χ0n) is 29.9. The van der Waals surface area contributed by atoms with E-state index in [0.717, 1.165) is 61.6 Å². The van der Waals surface area contributed by atoms with Gasteiger partial charge in [-0.15, -0.1) is 0 Å². The highest BCUT2D eigenvalue weighted by Gasteiger charge is 2.44. The van der Waals surface area contributed by atoms with E-state index < -0.39 is 17.4 Å². The molecule has 0 radical (unpaired) electrons. The number of halogens is 5. The molecule has 4 N–H and O–H groups in total. The molecule has 0 bridgehead atoms. The molecule has 12 nitrogen and oxygen atoms in total. The third-order valence-corrected chi connectivity index (χ3v) is 10.9. The molecule has 8 rings (SSSR count). The normalized spacial score (nSPS) is 17.7. The molecule has 2 aromatic carbocycles. The molecule has 3 aromatic heterocycles. The van der Waals surface area contributed by atoms with Gasteiger partial charge in [0.2, 0.25) is 5.88 Å². The number of aliphatic hydroxyl groups is 1. The second-order valence-electron chi connectivity index (χ2n) is 13.6. The first kappa shape index (κ1) is 38.3. The molecule has 55 heavy (non-hydrogen) atoms. The molecular weight excluding hydrogens is 760 g/mol. The van der Waals surface area contributed by atoms with Crippen LogP contribution in [0.25, 0.3) is 33.2 Å². The van der Waals surface area contributed by atoms with Crippen molar-refractivity contribution in [1.29, 1.82) is 0 Å². The maximum absolute atomic E-state index is 13.7. The first-order valence-corrected chi connectivity index (χ1v) is 18.3. The number of amides is 2. The fourth-order valence-corrected chi connectivity index (χ4v) is 7.91. The van der Waals surface area contributed by atoms with Crippen LogP contribution in [-0.2, 0) is 26.1 Å². The number of methoxy groups -OCH3 is 1. The topological polar surface area (TPSA) is 147 Å². The van der Waals surface area contributed by atoms with Crippen LogP contribution in [0, 0.1) is 0 Å². The second kappa shape index (κ2) is 15.3. The molecule has 2 fully saturated rings. The summed E-state index contributed by atoms with van der Waals surface area (Å²) in [5, 5.41) is 22.2. The number of nitrogens with zero attached hydrogens (tertiary/aromatic N) is 5. The fraction of sp³-hybridized carbons (Fsp3) is 0.342. The predicted octanol–water partition coefficient (Wildman–Crippen LogP) is 6.36. The zero-order valence-corrected chi connectivity index (χ0v) is 31.4. The van der Waals surface area contributed by atoms with E-state index >= 15 is 0 Å². The van der Waals surface area contributed by atoms with E-state index in [1.807, 2.05) is 18.2 Å². The number of anilines is 2. The number of carbonyl (C=O) groups is 1. The minimum absolute atomic E-state index is 0.0109. The van der Waals surface area contributed by atoms with Crippen molar-refractivity contribution in [2.24, 2.45) is 7.05 Å². The lowest BCUT2D eigenvalue weighted by atomic mass is 9.99. The average Bonchev–Trinajstić information content (AvgIpc) is 3.90. The number of fused-ring (bicyclic) bond motifs is 2. The summed E-state index contributed by atoms with van der Waals surface area (Å²) in [4.78, 5) is 34.4. The standard InChI is InChI=1S/C30H22Cl2F3N5O2.C8H15N3O2/c1-40-29(41)24-16(14-36-40)13-23(30(33,34)35)39-27(24)37-21-11-5-9-19(26(21)32)18-8-4-10-20(25(18)31)22-12-15-6-3-7-17(15)28(38-22)42-2;12-4-3-11-6-8(10-7(11)13)1-2-9-5-8/h4-5,8-14H,3,6-7H2,1-2H3,(H,37,39);9,12H,1-6H2,(H,10,13). The van der Waals surface area contributed by atoms with Crippen molar-refractivity contribution in [3.63, 3.8) is 0 Å². The number of nitrogens with one attached hydrogen (secondary N) is 3. The monoisotopic (exact) mass is 796 g/mol. The van der Waals surface area contributed by atoms with Gasteiger partial charge in [0.1, 0.15) is 11.5 Å². The summed E-state index contributed by atoms with van der Waals surface area (Å²) in [6.45, 7) is 3.01. The highest BCUT2D eigenvalue weighted by molar-refractivity contribution is 6.39. The lowest BCUT2D eigenvalue weighted by molar-refractivity contribution is -0.141. The van der Waals surface area contributed by atoms with Crippen molar-refractivity contribution in [2.75, 3.05) is 45.2 Å². The first-order valence-electron chi connectivity index (χ1n) is 17.6. The molecule has 1 spiro atoms. The summed E-state index contributed by atoms with van der Waals surface area (Å²) < 4.78 is 47.6. The number of aliphatic hydroxyl groups excluding tert-OH is 1. The van der Waals surface area contributed by atoms with Crippen LogP contribution in [0.5, 0.6) is 5.88 Å². The van der Waals surface area contributed by atoms with Gasteiger partial charge in [0.05, 0.1) is 52.3 Å². The van der Waals surface area contributed by atoms with Gasteiger partial charge in [-0.1, -0.05) is 53.5 Å². The van der Waals surface area contributed by atoms with Gasteiger partial charge in [-0.2, -0.15) is 18.3 Å².